The molecule has 1 aliphatic rings. The molecule has 1 aromatic heterocycles. The molecular weight excluding hydrogens is 429 g/mol. The number of para-hydroxylation sites is 2. The maximum atomic E-state index is 13.4. The molecule has 0 saturated carbocycles. The second-order valence-corrected chi connectivity index (χ2v) is 9.50. The zero-order chi connectivity index (χ0) is 21.3. The van der Waals surface area contributed by atoms with Crippen LogP contribution in [-0.4, -0.2) is 33.3 Å². The van der Waals surface area contributed by atoms with Crippen molar-refractivity contribution in [2.75, 3.05) is 27.6 Å². The second kappa shape index (κ2) is 7.88. The van der Waals surface area contributed by atoms with Crippen LogP contribution >= 0.6 is 11.3 Å². The van der Waals surface area contributed by atoms with Crippen molar-refractivity contribution in [3.63, 3.8) is 0 Å². The van der Waals surface area contributed by atoms with E-state index in [0.717, 1.165) is 27.8 Å². The third-order valence-corrected chi connectivity index (χ3v) is 7.65. The Kier molecular flexibility index (Phi) is 5.27. The van der Waals surface area contributed by atoms with Gasteiger partial charge in [-0.05, 0) is 47.8 Å². The van der Waals surface area contributed by atoms with Crippen molar-refractivity contribution in [2.24, 2.45) is 0 Å². The van der Waals surface area contributed by atoms with Gasteiger partial charge in [-0.15, -0.1) is 11.3 Å². The first kappa shape index (κ1) is 20.0. The molecule has 1 N–H and O–H groups in total. The number of benzene rings is 2. The fraction of sp³-hybridized carbons (Fsp3) is 0.100. The molecule has 1 aliphatic heterocycles. The number of nitrogens with one attached hydrogen (secondary N) is 1. The van der Waals surface area contributed by atoms with Crippen LogP contribution < -0.4 is 14.5 Å². The topological polar surface area (TPSA) is 86.8 Å². The summed E-state index contributed by atoms with van der Waals surface area (Å²) in [5, 5.41) is 4.30. The molecule has 7 nitrogen and oxygen atoms in total. The van der Waals surface area contributed by atoms with Crippen LogP contribution in [0.5, 0.6) is 0 Å². The first-order valence-corrected chi connectivity index (χ1v) is 11.2. The third kappa shape index (κ3) is 3.79. The molecule has 154 valence electrons. The van der Waals surface area contributed by atoms with Gasteiger partial charge in [0.05, 0.1) is 17.1 Å². The van der Waals surface area contributed by atoms with Crippen molar-refractivity contribution in [2.45, 2.75) is 4.21 Å². The highest BCUT2D eigenvalue weighted by Gasteiger charge is 2.33. The summed E-state index contributed by atoms with van der Waals surface area (Å²) in [4.78, 5) is 26.4. The fourth-order valence-electron chi connectivity index (χ4n) is 3.11. The Morgan fingerprint density at radius 3 is 2.53 bits per heavy atom. The molecule has 0 bridgehead atoms. The molecule has 4 rings (SSSR count). The van der Waals surface area contributed by atoms with Gasteiger partial charge >= 0.3 is 0 Å². The third-order valence-electron chi connectivity index (χ3n) is 4.50. The summed E-state index contributed by atoms with van der Waals surface area (Å²) in [6.45, 7) is -0.778. The van der Waals surface area contributed by atoms with Gasteiger partial charge in [-0.2, -0.15) is 0 Å². The number of nitrogens with zero attached hydrogens (tertiary/aromatic N) is 2. The molecule has 30 heavy (non-hydrogen) atoms. The van der Waals surface area contributed by atoms with Crippen molar-refractivity contribution < 1.29 is 22.4 Å². The molecule has 2 aromatic carbocycles. The summed E-state index contributed by atoms with van der Waals surface area (Å²) in [5.41, 5.74) is 1.10. The number of fused-ring (bicyclic) bond motifs is 1. The van der Waals surface area contributed by atoms with E-state index in [1.807, 2.05) is 0 Å². The summed E-state index contributed by atoms with van der Waals surface area (Å²) >= 11 is 1.01. The van der Waals surface area contributed by atoms with Gasteiger partial charge in [0.2, 0.25) is 11.8 Å². The Morgan fingerprint density at radius 1 is 1.10 bits per heavy atom. The number of amides is 2. The molecule has 2 amide bonds. The number of sulfonamides is 1. The van der Waals surface area contributed by atoms with Crippen LogP contribution in [0.3, 0.4) is 0 Å². The normalized spacial score (nSPS) is 13.5. The molecule has 0 spiro atoms. The van der Waals surface area contributed by atoms with Gasteiger partial charge < -0.3 is 5.32 Å². The van der Waals surface area contributed by atoms with Gasteiger partial charge in [0.25, 0.3) is 10.0 Å². The van der Waals surface area contributed by atoms with Gasteiger partial charge in [0, 0.05) is 0 Å². The van der Waals surface area contributed by atoms with Crippen LogP contribution in [-0.2, 0) is 19.6 Å². The van der Waals surface area contributed by atoms with Gasteiger partial charge in [-0.1, -0.05) is 18.2 Å². The minimum absolute atomic E-state index is 0.0522. The highest BCUT2D eigenvalue weighted by molar-refractivity contribution is 7.94. The van der Waals surface area contributed by atoms with Crippen molar-refractivity contribution in [3.8, 4) is 0 Å². The lowest BCUT2D eigenvalue weighted by molar-refractivity contribution is -0.121. The van der Waals surface area contributed by atoms with E-state index in [-0.39, 0.29) is 22.3 Å². The Bertz CT molecular complexity index is 1200. The molecule has 0 radical (unpaired) electrons. The molecule has 2 heterocycles. The van der Waals surface area contributed by atoms with Gasteiger partial charge in [-0.3, -0.25) is 18.8 Å². The first-order valence-electron chi connectivity index (χ1n) is 8.87. The van der Waals surface area contributed by atoms with E-state index in [2.05, 4.69) is 5.32 Å². The second-order valence-electron chi connectivity index (χ2n) is 6.47. The highest BCUT2D eigenvalue weighted by Crippen LogP contribution is 2.31. The van der Waals surface area contributed by atoms with Crippen LogP contribution in [0.1, 0.15) is 0 Å². The number of halogens is 1. The monoisotopic (exact) mass is 445 g/mol. The summed E-state index contributed by atoms with van der Waals surface area (Å²) in [5.74, 6) is -1.49. The van der Waals surface area contributed by atoms with Crippen molar-refractivity contribution in [1.29, 1.82) is 0 Å². The number of carbonyl (C=O) groups excluding carboxylic acids is 2. The van der Waals surface area contributed by atoms with E-state index >= 15 is 0 Å². The molecule has 0 aliphatic carbocycles. The molecule has 0 fully saturated rings. The van der Waals surface area contributed by atoms with Gasteiger partial charge in [0.15, 0.2) is 0 Å². The Hall–Kier alpha value is -3.24. The Labute approximate surface area is 176 Å². The molecule has 0 saturated heterocycles. The van der Waals surface area contributed by atoms with Crippen molar-refractivity contribution >= 4 is 50.2 Å². The van der Waals surface area contributed by atoms with E-state index in [9.17, 15) is 22.4 Å². The smallest absolute Gasteiger partial charge is 0.274 e. The first-order chi connectivity index (χ1) is 14.4. The standard InChI is InChI=1S/C20H16FN3O4S2/c21-14-7-9-15(10-8-14)24(30(27,28)20-6-3-11-29-20)13-19(26)23-12-18(25)22-16-4-1-2-5-17(16)23/h1-11H,12-13H2,(H,22,25). The lowest BCUT2D eigenvalue weighted by Crippen LogP contribution is -2.47. The maximum absolute atomic E-state index is 13.4. The summed E-state index contributed by atoms with van der Waals surface area (Å²) in [6.07, 6.45) is 0. The number of carbonyl (C=O) groups is 2. The lowest BCUT2D eigenvalue weighted by Gasteiger charge is -2.31. The quantitative estimate of drug-likeness (QED) is 0.654. The lowest BCUT2D eigenvalue weighted by atomic mass is 10.2. The van der Waals surface area contributed by atoms with Crippen LogP contribution in [0.2, 0.25) is 0 Å². The summed E-state index contributed by atoms with van der Waals surface area (Å²) in [7, 11) is -4.07. The highest BCUT2D eigenvalue weighted by atomic mass is 32.2. The minimum atomic E-state index is -4.07. The zero-order valence-electron chi connectivity index (χ0n) is 15.5. The SMILES string of the molecule is O=C1CN(C(=O)CN(c2ccc(F)cc2)S(=O)(=O)c2cccs2)c2ccccc2N1. The predicted octanol–water partition coefficient (Wildman–Crippen LogP) is 3.07. The molecular formula is C20H16FN3O4S2. The fourth-order valence-corrected chi connectivity index (χ4v) is 5.62. The van der Waals surface area contributed by atoms with Crippen molar-refractivity contribution in [3.05, 3.63) is 71.9 Å². The van der Waals surface area contributed by atoms with Crippen LogP contribution in [0.4, 0.5) is 21.5 Å². The Balaban J connectivity index is 1.71. The maximum Gasteiger partial charge on any atom is 0.274 e. The van der Waals surface area contributed by atoms with E-state index in [1.165, 1.54) is 23.1 Å². The molecule has 10 heteroatoms. The zero-order valence-corrected chi connectivity index (χ0v) is 17.1. The number of hydrogen-bond donors (Lipinski definition) is 1. The minimum Gasteiger partial charge on any atom is -0.323 e. The summed E-state index contributed by atoms with van der Waals surface area (Å²) < 4.78 is 40.8. The van der Waals surface area contributed by atoms with E-state index < -0.39 is 28.3 Å². The predicted molar refractivity (Wildman–Crippen MR) is 113 cm³/mol. The Morgan fingerprint density at radius 2 is 1.83 bits per heavy atom. The van der Waals surface area contributed by atoms with Crippen molar-refractivity contribution in [1.82, 2.24) is 0 Å². The van der Waals surface area contributed by atoms with Gasteiger partial charge in [-0.25, -0.2) is 12.8 Å². The molecule has 0 atom stereocenters. The van der Waals surface area contributed by atoms with E-state index in [0.29, 0.717) is 11.4 Å². The van der Waals surface area contributed by atoms with E-state index in [4.69, 9.17) is 0 Å². The van der Waals surface area contributed by atoms with Gasteiger partial charge in [0.1, 0.15) is 23.1 Å². The van der Waals surface area contributed by atoms with Crippen LogP contribution in [0, 0.1) is 5.82 Å². The van der Waals surface area contributed by atoms with E-state index in [1.54, 1.807) is 35.7 Å². The average molecular weight is 445 g/mol. The van der Waals surface area contributed by atoms with Crippen LogP contribution in [0.25, 0.3) is 0 Å². The average Bonchev–Trinajstić information content (AvgIpc) is 3.28. The largest absolute Gasteiger partial charge is 0.323 e. The molecule has 0 unspecified atom stereocenters. The molecule has 3 aromatic rings. The number of thiophene rings is 1. The number of hydrogen-bond acceptors (Lipinski definition) is 5. The number of rotatable bonds is 5. The van der Waals surface area contributed by atoms with Crippen LogP contribution in [0.15, 0.2) is 70.3 Å². The number of anilines is 3. The summed E-state index contributed by atoms with van der Waals surface area (Å²) in [6, 6.07) is 14.6.